The quantitative estimate of drug-likeness (QED) is 0.680. The van der Waals surface area contributed by atoms with Crippen LogP contribution in [0.4, 0.5) is 10.2 Å². The standard InChI is InChI=1S/C13H11FN4O/c14-12-11(19)4-8(5-16-12)7-1-2-10-9(3-7)13(15)18-6-17-10/h1-6,12,16,19H,(H2,15,17,18). The fourth-order valence-electron chi connectivity index (χ4n) is 1.95. The minimum atomic E-state index is -1.56. The van der Waals surface area contributed by atoms with E-state index in [0.717, 1.165) is 16.5 Å². The van der Waals surface area contributed by atoms with Crippen LogP contribution in [0.1, 0.15) is 5.56 Å². The maximum Gasteiger partial charge on any atom is 0.227 e. The molecule has 5 nitrogen and oxygen atoms in total. The summed E-state index contributed by atoms with van der Waals surface area (Å²) in [5.74, 6) is 0.0302. The van der Waals surface area contributed by atoms with Gasteiger partial charge in [-0.3, -0.25) is 0 Å². The lowest BCUT2D eigenvalue weighted by molar-refractivity contribution is 0.238. The van der Waals surface area contributed by atoms with Gasteiger partial charge in [0.1, 0.15) is 17.9 Å². The zero-order valence-electron chi connectivity index (χ0n) is 9.84. The Morgan fingerprint density at radius 2 is 2.16 bits per heavy atom. The van der Waals surface area contributed by atoms with Gasteiger partial charge in [0, 0.05) is 17.2 Å². The second-order valence-corrected chi connectivity index (χ2v) is 4.19. The molecule has 4 N–H and O–H groups in total. The van der Waals surface area contributed by atoms with Crippen molar-refractivity contribution in [1.82, 2.24) is 15.3 Å². The highest BCUT2D eigenvalue weighted by molar-refractivity contribution is 5.91. The van der Waals surface area contributed by atoms with E-state index in [1.165, 1.54) is 18.6 Å². The van der Waals surface area contributed by atoms with Gasteiger partial charge in [0.25, 0.3) is 0 Å². The van der Waals surface area contributed by atoms with Crippen molar-refractivity contribution in [3.63, 3.8) is 0 Å². The molecule has 0 aliphatic carbocycles. The number of dihydropyridines is 1. The molecule has 0 amide bonds. The van der Waals surface area contributed by atoms with Gasteiger partial charge in [0.15, 0.2) is 0 Å². The smallest absolute Gasteiger partial charge is 0.227 e. The first-order valence-corrected chi connectivity index (χ1v) is 5.66. The number of anilines is 1. The molecule has 0 saturated carbocycles. The van der Waals surface area contributed by atoms with E-state index >= 15 is 0 Å². The summed E-state index contributed by atoms with van der Waals surface area (Å²) in [6.07, 6.45) is 2.73. The monoisotopic (exact) mass is 258 g/mol. The molecule has 0 radical (unpaired) electrons. The van der Waals surface area contributed by atoms with E-state index in [1.54, 1.807) is 12.1 Å². The summed E-state index contributed by atoms with van der Waals surface area (Å²) in [4.78, 5) is 8.03. The van der Waals surface area contributed by atoms with Crippen LogP contribution in [0.2, 0.25) is 0 Å². The van der Waals surface area contributed by atoms with E-state index in [1.807, 2.05) is 6.07 Å². The summed E-state index contributed by atoms with van der Waals surface area (Å²) in [5, 5.41) is 12.6. The van der Waals surface area contributed by atoms with Crippen LogP contribution in [0.25, 0.3) is 16.5 Å². The molecule has 0 spiro atoms. The molecular weight excluding hydrogens is 247 g/mol. The minimum absolute atomic E-state index is 0.352. The minimum Gasteiger partial charge on any atom is -0.507 e. The van der Waals surface area contributed by atoms with Crippen LogP contribution in [0.5, 0.6) is 0 Å². The van der Waals surface area contributed by atoms with Gasteiger partial charge in [-0.1, -0.05) is 6.07 Å². The molecule has 96 valence electrons. The van der Waals surface area contributed by atoms with Gasteiger partial charge in [0.2, 0.25) is 6.30 Å². The molecule has 1 aromatic carbocycles. The number of allylic oxidation sites excluding steroid dienone is 2. The number of hydrogen-bond donors (Lipinski definition) is 3. The number of rotatable bonds is 1. The number of nitrogens with two attached hydrogens (primary N) is 1. The Morgan fingerprint density at radius 1 is 1.32 bits per heavy atom. The van der Waals surface area contributed by atoms with E-state index in [4.69, 9.17) is 5.73 Å². The predicted molar refractivity (Wildman–Crippen MR) is 70.7 cm³/mol. The van der Waals surface area contributed by atoms with Crippen molar-refractivity contribution in [1.29, 1.82) is 0 Å². The highest BCUT2D eigenvalue weighted by atomic mass is 19.1. The molecule has 2 aromatic rings. The van der Waals surface area contributed by atoms with Gasteiger partial charge in [-0.25, -0.2) is 14.4 Å². The molecular formula is C13H11FN4O. The molecule has 1 unspecified atom stereocenters. The number of fused-ring (bicyclic) bond motifs is 1. The molecule has 6 heteroatoms. The third-order valence-corrected chi connectivity index (χ3v) is 2.95. The van der Waals surface area contributed by atoms with Gasteiger partial charge in [0.05, 0.1) is 5.52 Å². The fourth-order valence-corrected chi connectivity index (χ4v) is 1.95. The molecule has 1 aliphatic heterocycles. The Hall–Kier alpha value is -2.63. The highest BCUT2D eigenvalue weighted by Crippen LogP contribution is 2.25. The molecule has 19 heavy (non-hydrogen) atoms. The third kappa shape index (κ3) is 1.97. The fraction of sp³-hybridized carbons (Fsp3) is 0.0769. The number of aliphatic hydroxyl groups excluding tert-OH is 1. The summed E-state index contributed by atoms with van der Waals surface area (Å²) in [5.41, 5.74) is 7.98. The molecule has 0 saturated heterocycles. The number of aliphatic hydroxyl groups is 1. The summed E-state index contributed by atoms with van der Waals surface area (Å²) in [6, 6.07) is 5.43. The molecule has 1 aromatic heterocycles. The number of nitrogens with one attached hydrogen (secondary N) is 1. The summed E-state index contributed by atoms with van der Waals surface area (Å²) < 4.78 is 13.1. The normalized spacial score (nSPS) is 18.7. The lowest BCUT2D eigenvalue weighted by Crippen LogP contribution is -2.24. The SMILES string of the molecule is Nc1ncnc2ccc(C3=CNC(F)C(O)=C3)cc12. The van der Waals surface area contributed by atoms with E-state index in [0.29, 0.717) is 11.4 Å². The van der Waals surface area contributed by atoms with Crippen LogP contribution in [0.3, 0.4) is 0 Å². The number of halogens is 1. The van der Waals surface area contributed by atoms with E-state index < -0.39 is 6.30 Å². The van der Waals surface area contributed by atoms with Crippen molar-refractivity contribution in [3.8, 4) is 0 Å². The van der Waals surface area contributed by atoms with Crippen LogP contribution < -0.4 is 11.1 Å². The van der Waals surface area contributed by atoms with E-state index in [9.17, 15) is 9.50 Å². The van der Waals surface area contributed by atoms with Crippen LogP contribution in [0, 0.1) is 0 Å². The van der Waals surface area contributed by atoms with Crippen molar-refractivity contribution < 1.29 is 9.50 Å². The molecule has 2 heterocycles. The van der Waals surface area contributed by atoms with E-state index in [-0.39, 0.29) is 5.76 Å². The zero-order chi connectivity index (χ0) is 13.4. The van der Waals surface area contributed by atoms with Gasteiger partial charge < -0.3 is 16.2 Å². The van der Waals surface area contributed by atoms with Crippen LogP contribution in [-0.4, -0.2) is 21.4 Å². The number of benzene rings is 1. The van der Waals surface area contributed by atoms with Crippen LogP contribution >= 0.6 is 0 Å². The Kier molecular flexibility index (Phi) is 2.56. The molecule has 1 aliphatic rings. The maximum atomic E-state index is 13.1. The van der Waals surface area contributed by atoms with Crippen molar-refractivity contribution in [2.45, 2.75) is 6.30 Å². The summed E-state index contributed by atoms with van der Waals surface area (Å²) in [7, 11) is 0. The number of hydrogen-bond acceptors (Lipinski definition) is 5. The molecule has 0 bridgehead atoms. The van der Waals surface area contributed by atoms with Gasteiger partial charge >= 0.3 is 0 Å². The predicted octanol–water partition coefficient (Wildman–Crippen LogP) is 1.89. The second-order valence-electron chi connectivity index (χ2n) is 4.19. The Morgan fingerprint density at radius 3 is 2.95 bits per heavy atom. The topological polar surface area (TPSA) is 84.1 Å². The van der Waals surface area contributed by atoms with Crippen LogP contribution in [-0.2, 0) is 0 Å². The van der Waals surface area contributed by atoms with Gasteiger partial charge in [-0.05, 0) is 23.8 Å². The van der Waals surface area contributed by atoms with Crippen LogP contribution in [0.15, 0.2) is 42.6 Å². The number of aromatic nitrogens is 2. The van der Waals surface area contributed by atoms with Crippen molar-refractivity contribution in [2.24, 2.45) is 0 Å². The Balaban J connectivity index is 2.10. The Labute approximate surface area is 108 Å². The number of nitrogens with zero attached hydrogens (tertiary/aromatic N) is 2. The average molecular weight is 258 g/mol. The molecule has 3 rings (SSSR count). The number of nitrogen functional groups attached to an aromatic ring is 1. The third-order valence-electron chi connectivity index (χ3n) is 2.95. The Bertz CT molecular complexity index is 711. The lowest BCUT2D eigenvalue weighted by Gasteiger charge is -2.15. The first-order valence-electron chi connectivity index (χ1n) is 5.66. The van der Waals surface area contributed by atoms with Gasteiger partial charge in [-0.15, -0.1) is 0 Å². The van der Waals surface area contributed by atoms with Gasteiger partial charge in [-0.2, -0.15) is 0 Å². The summed E-state index contributed by atoms with van der Waals surface area (Å²) in [6.45, 7) is 0. The van der Waals surface area contributed by atoms with Crippen molar-refractivity contribution in [3.05, 3.63) is 48.1 Å². The largest absolute Gasteiger partial charge is 0.507 e. The lowest BCUT2D eigenvalue weighted by atomic mass is 10.0. The second kappa shape index (κ2) is 4.24. The molecule has 1 atom stereocenters. The first-order chi connectivity index (χ1) is 9.15. The zero-order valence-corrected chi connectivity index (χ0v) is 9.84. The highest BCUT2D eigenvalue weighted by Gasteiger charge is 2.16. The summed E-state index contributed by atoms with van der Waals surface area (Å²) >= 11 is 0. The van der Waals surface area contributed by atoms with Crippen molar-refractivity contribution >= 4 is 22.3 Å². The maximum absolute atomic E-state index is 13.1. The molecule has 0 fully saturated rings. The number of alkyl halides is 1. The van der Waals surface area contributed by atoms with E-state index in [2.05, 4.69) is 15.3 Å². The first kappa shape index (κ1) is 11.5. The average Bonchev–Trinajstić information content (AvgIpc) is 2.42. The van der Waals surface area contributed by atoms with Crippen molar-refractivity contribution in [2.75, 3.05) is 5.73 Å².